The molecule has 164 valence electrons. The molecule has 5 heteroatoms. The Labute approximate surface area is 188 Å². The van der Waals surface area contributed by atoms with Gasteiger partial charge >= 0.3 is 0 Å². The molecule has 0 bridgehead atoms. The maximum Gasteiger partial charge on any atom is 0.246 e. The molecule has 1 saturated heterocycles. The lowest BCUT2D eigenvalue weighted by Gasteiger charge is -2.49. The summed E-state index contributed by atoms with van der Waals surface area (Å²) in [6, 6.07) is 16.1. The van der Waals surface area contributed by atoms with Gasteiger partial charge in [0.2, 0.25) is 11.8 Å². The summed E-state index contributed by atoms with van der Waals surface area (Å²) >= 11 is 0. The van der Waals surface area contributed by atoms with Gasteiger partial charge in [-0.3, -0.25) is 9.59 Å². The van der Waals surface area contributed by atoms with Crippen LogP contribution in [0.1, 0.15) is 60.5 Å². The van der Waals surface area contributed by atoms with Crippen LogP contribution in [0.3, 0.4) is 0 Å². The molecule has 0 spiro atoms. The lowest BCUT2D eigenvalue weighted by atomic mass is 9.84. The number of aromatic amines is 1. The Balaban J connectivity index is 1.49. The van der Waals surface area contributed by atoms with Crippen LogP contribution >= 0.6 is 0 Å². The molecule has 2 fully saturated rings. The number of carbonyl (C=O) groups excluding carboxylic acids is 2. The second kappa shape index (κ2) is 7.51. The number of H-pyrrole nitrogens is 1. The fourth-order valence-electron chi connectivity index (χ4n) is 6.17. The number of piperazine rings is 1. The van der Waals surface area contributed by atoms with Crippen molar-refractivity contribution in [3.63, 3.8) is 0 Å². The van der Waals surface area contributed by atoms with Crippen molar-refractivity contribution < 1.29 is 9.59 Å². The van der Waals surface area contributed by atoms with Crippen molar-refractivity contribution in [3.8, 4) is 0 Å². The van der Waals surface area contributed by atoms with Gasteiger partial charge in [-0.15, -0.1) is 0 Å². The van der Waals surface area contributed by atoms with E-state index >= 15 is 0 Å². The number of aromatic nitrogens is 1. The average molecular weight is 428 g/mol. The minimum Gasteiger partial charge on any atom is -0.356 e. The first kappa shape index (κ1) is 19.6. The molecule has 1 N–H and O–H groups in total. The lowest BCUT2D eigenvalue weighted by molar-refractivity contribution is -0.161. The summed E-state index contributed by atoms with van der Waals surface area (Å²) in [5.74, 6) is 0.195. The molecule has 5 nitrogen and oxygen atoms in total. The van der Waals surface area contributed by atoms with E-state index in [4.69, 9.17) is 0 Å². The number of aryl methyl sites for hydroxylation is 1. The Morgan fingerprint density at radius 1 is 0.969 bits per heavy atom. The summed E-state index contributed by atoms with van der Waals surface area (Å²) in [4.78, 5) is 34.9. The van der Waals surface area contributed by atoms with E-state index < -0.39 is 6.04 Å². The number of fused-ring (bicyclic) bond motifs is 4. The van der Waals surface area contributed by atoms with Gasteiger partial charge < -0.3 is 14.8 Å². The van der Waals surface area contributed by atoms with Crippen molar-refractivity contribution in [2.24, 2.45) is 0 Å². The van der Waals surface area contributed by atoms with Crippen molar-refractivity contribution >= 4 is 22.7 Å². The molecule has 1 aromatic heterocycles. The molecule has 3 aromatic rings. The van der Waals surface area contributed by atoms with Crippen molar-refractivity contribution in [1.82, 2.24) is 14.8 Å². The lowest BCUT2D eigenvalue weighted by Crippen LogP contribution is -2.65. The Morgan fingerprint density at radius 2 is 1.78 bits per heavy atom. The van der Waals surface area contributed by atoms with Crippen LogP contribution in [0.2, 0.25) is 0 Å². The molecule has 0 radical (unpaired) electrons. The summed E-state index contributed by atoms with van der Waals surface area (Å²) in [5, 5.41) is 1.16. The smallest absolute Gasteiger partial charge is 0.246 e. The summed E-state index contributed by atoms with van der Waals surface area (Å²) in [6.07, 6.45) is 6.15. The highest BCUT2D eigenvalue weighted by Gasteiger charge is 2.49. The third-order valence-corrected chi connectivity index (χ3v) is 7.67. The predicted molar refractivity (Wildman–Crippen MR) is 124 cm³/mol. The molecule has 3 heterocycles. The van der Waals surface area contributed by atoms with Gasteiger partial charge in [0.25, 0.3) is 0 Å². The molecule has 2 atom stereocenters. The van der Waals surface area contributed by atoms with Gasteiger partial charge in [-0.1, -0.05) is 67.3 Å². The second-order valence-corrected chi connectivity index (χ2v) is 9.66. The minimum atomic E-state index is -0.435. The Kier molecular flexibility index (Phi) is 4.60. The van der Waals surface area contributed by atoms with E-state index in [0.717, 1.165) is 53.4 Å². The third kappa shape index (κ3) is 2.98. The SMILES string of the molecule is Cc1cccc(C2c3[nH]c4ccccc4c3C[C@H]3C(=O)N(C4CCCCC4)CC(=O)N23)c1. The molecule has 2 amide bonds. The normalized spacial score (nSPS) is 24.0. The van der Waals surface area contributed by atoms with Crippen molar-refractivity contribution in [2.45, 2.75) is 63.6 Å². The highest BCUT2D eigenvalue weighted by Crippen LogP contribution is 2.43. The van der Waals surface area contributed by atoms with E-state index in [-0.39, 0.29) is 30.4 Å². The van der Waals surface area contributed by atoms with Gasteiger partial charge in [0.15, 0.2) is 0 Å². The Bertz CT molecular complexity index is 1210. The number of amides is 2. The molecule has 1 saturated carbocycles. The largest absolute Gasteiger partial charge is 0.356 e. The third-order valence-electron chi connectivity index (χ3n) is 7.67. The molecular formula is C27H29N3O2. The van der Waals surface area contributed by atoms with Gasteiger partial charge in [0.1, 0.15) is 12.6 Å². The van der Waals surface area contributed by atoms with E-state index in [1.807, 2.05) is 28.0 Å². The van der Waals surface area contributed by atoms with E-state index in [9.17, 15) is 9.59 Å². The van der Waals surface area contributed by atoms with Crippen molar-refractivity contribution in [2.75, 3.05) is 6.54 Å². The van der Waals surface area contributed by atoms with E-state index in [1.165, 1.54) is 12.0 Å². The zero-order valence-corrected chi connectivity index (χ0v) is 18.5. The van der Waals surface area contributed by atoms with Crippen LogP contribution in [0, 0.1) is 6.92 Å². The number of nitrogens with zero attached hydrogens (tertiary/aromatic N) is 2. The minimum absolute atomic E-state index is 0.0657. The zero-order valence-electron chi connectivity index (χ0n) is 18.5. The van der Waals surface area contributed by atoms with Crippen LogP contribution in [0.15, 0.2) is 48.5 Å². The fraction of sp³-hybridized carbons (Fsp3) is 0.407. The van der Waals surface area contributed by atoms with Gasteiger partial charge in [0.05, 0.1) is 6.04 Å². The summed E-state index contributed by atoms with van der Waals surface area (Å²) in [6.45, 7) is 2.28. The first-order valence-corrected chi connectivity index (χ1v) is 11.9. The molecule has 2 aromatic carbocycles. The summed E-state index contributed by atoms with van der Waals surface area (Å²) in [7, 11) is 0. The van der Waals surface area contributed by atoms with Crippen LogP contribution in [0.5, 0.6) is 0 Å². The number of rotatable bonds is 2. The monoisotopic (exact) mass is 427 g/mol. The first-order chi connectivity index (χ1) is 15.6. The number of nitrogens with one attached hydrogen (secondary N) is 1. The average Bonchev–Trinajstić information content (AvgIpc) is 3.19. The highest BCUT2D eigenvalue weighted by atomic mass is 16.2. The molecule has 2 aliphatic heterocycles. The van der Waals surface area contributed by atoms with Crippen molar-refractivity contribution in [3.05, 3.63) is 70.9 Å². The zero-order chi connectivity index (χ0) is 21.8. The van der Waals surface area contributed by atoms with Gasteiger partial charge in [-0.2, -0.15) is 0 Å². The highest BCUT2D eigenvalue weighted by molar-refractivity contribution is 5.97. The number of hydrogen-bond acceptors (Lipinski definition) is 2. The molecule has 3 aliphatic rings. The van der Waals surface area contributed by atoms with Crippen LogP contribution in [0.4, 0.5) is 0 Å². The maximum absolute atomic E-state index is 13.8. The molecular weight excluding hydrogens is 398 g/mol. The van der Waals surface area contributed by atoms with E-state index in [1.54, 1.807) is 0 Å². The summed E-state index contributed by atoms with van der Waals surface area (Å²) < 4.78 is 0. The quantitative estimate of drug-likeness (QED) is 0.655. The molecule has 1 unspecified atom stereocenters. The second-order valence-electron chi connectivity index (χ2n) is 9.66. The summed E-state index contributed by atoms with van der Waals surface area (Å²) in [5.41, 5.74) is 5.52. The number of hydrogen-bond donors (Lipinski definition) is 1. The number of para-hydroxylation sites is 1. The fourth-order valence-corrected chi connectivity index (χ4v) is 6.17. The Morgan fingerprint density at radius 3 is 2.59 bits per heavy atom. The topological polar surface area (TPSA) is 56.4 Å². The standard InChI is InChI=1S/C27H29N3O2/c1-17-8-7-9-18(14-17)26-25-21(20-12-5-6-13-22(20)28-25)15-23-27(32)29(16-24(31)30(23)26)19-10-3-2-4-11-19/h5-9,12-14,19,23,26,28H,2-4,10-11,15-16H2,1H3/t23-,26?/m0/s1. The van der Waals surface area contributed by atoms with Crippen LogP contribution in [-0.2, 0) is 16.0 Å². The molecule has 32 heavy (non-hydrogen) atoms. The van der Waals surface area contributed by atoms with Gasteiger partial charge in [-0.05, 0) is 37.0 Å². The Hall–Kier alpha value is -3.08. The first-order valence-electron chi connectivity index (χ1n) is 11.9. The predicted octanol–water partition coefficient (Wildman–Crippen LogP) is 4.49. The van der Waals surface area contributed by atoms with Gasteiger partial charge in [-0.25, -0.2) is 0 Å². The van der Waals surface area contributed by atoms with Crippen LogP contribution in [-0.4, -0.2) is 45.2 Å². The van der Waals surface area contributed by atoms with Crippen LogP contribution < -0.4 is 0 Å². The number of benzene rings is 2. The van der Waals surface area contributed by atoms with E-state index in [0.29, 0.717) is 6.42 Å². The van der Waals surface area contributed by atoms with E-state index in [2.05, 4.69) is 42.2 Å². The van der Waals surface area contributed by atoms with Crippen LogP contribution in [0.25, 0.3) is 10.9 Å². The van der Waals surface area contributed by atoms with Gasteiger partial charge in [0, 0.05) is 29.1 Å². The maximum atomic E-state index is 13.8. The molecule has 1 aliphatic carbocycles. The number of carbonyl (C=O) groups is 2. The van der Waals surface area contributed by atoms with Crippen molar-refractivity contribution in [1.29, 1.82) is 0 Å². The molecule has 6 rings (SSSR count).